The van der Waals surface area contributed by atoms with Gasteiger partial charge in [-0.15, -0.1) is 0 Å². The van der Waals surface area contributed by atoms with E-state index in [9.17, 15) is 5.11 Å². The lowest BCUT2D eigenvalue weighted by Crippen LogP contribution is -2.48. The molecule has 1 aromatic rings. The molecule has 0 radical (unpaired) electrons. The molecule has 2 fully saturated rings. The minimum Gasteiger partial charge on any atom is -0.386 e. The lowest BCUT2D eigenvalue weighted by molar-refractivity contribution is -0.103. The molecular weight excluding hydrogens is 242 g/mol. The fraction of sp³-hybridized carbons (Fsp3) is 0.786. The maximum absolute atomic E-state index is 10.4. The summed E-state index contributed by atoms with van der Waals surface area (Å²) in [7, 11) is 0. The van der Waals surface area contributed by atoms with Gasteiger partial charge in [0, 0.05) is 30.9 Å². The molecule has 5 heteroatoms. The van der Waals surface area contributed by atoms with Gasteiger partial charge in [-0.3, -0.25) is 9.58 Å². The van der Waals surface area contributed by atoms with Crippen LogP contribution in [0.5, 0.6) is 0 Å². The summed E-state index contributed by atoms with van der Waals surface area (Å²) in [5.41, 5.74) is 0.871. The maximum atomic E-state index is 10.4. The summed E-state index contributed by atoms with van der Waals surface area (Å²) in [4.78, 5) is 2.45. The van der Waals surface area contributed by atoms with Crippen LogP contribution in [-0.4, -0.2) is 51.6 Å². The Morgan fingerprint density at radius 2 is 2.47 bits per heavy atom. The van der Waals surface area contributed by atoms with E-state index in [0.29, 0.717) is 6.04 Å². The molecule has 3 atom stereocenters. The molecule has 2 aliphatic heterocycles. The highest BCUT2D eigenvalue weighted by Gasteiger charge is 2.35. The Kier molecular flexibility index (Phi) is 3.86. The van der Waals surface area contributed by atoms with E-state index in [0.717, 1.165) is 38.2 Å². The van der Waals surface area contributed by atoms with Crippen LogP contribution in [0.2, 0.25) is 0 Å². The Bertz CT molecular complexity index is 421. The zero-order valence-corrected chi connectivity index (χ0v) is 11.5. The number of fused-ring (bicyclic) bond motifs is 1. The second kappa shape index (κ2) is 5.61. The van der Waals surface area contributed by atoms with Gasteiger partial charge in [-0.25, -0.2) is 0 Å². The summed E-state index contributed by atoms with van der Waals surface area (Å²) in [5.74, 6) is 0. The molecule has 106 valence electrons. The monoisotopic (exact) mass is 265 g/mol. The van der Waals surface area contributed by atoms with E-state index in [1.807, 2.05) is 10.9 Å². The van der Waals surface area contributed by atoms with Crippen LogP contribution in [0.3, 0.4) is 0 Å². The van der Waals surface area contributed by atoms with Crippen molar-refractivity contribution in [1.82, 2.24) is 14.7 Å². The first-order valence-electron chi connectivity index (χ1n) is 7.34. The van der Waals surface area contributed by atoms with Crippen molar-refractivity contribution in [2.75, 3.05) is 19.7 Å². The van der Waals surface area contributed by atoms with E-state index in [1.54, 1.807) is 6.20 Å². The second-order valence-corrected chi connectivity index (χ2v) is 5.64. The molecule has 2 aliphatic rings. The standard InChI is InChI=1S/C14H23N3O2/c1-2-5-17-8-11(7-15-17)14(18)13-9-16-6-3-4-12(16)10-19-13/h7-8,12-14,18H,2-6,9-10H2,1H3. The third kappa shape index (κ3) is 2.68. The van der Waals surface area contributed by atoms with Crippen LogP contribution >= 0.6 is 0 Å². The normalized spacial score (nSPS) is 29.4. The highest BCUT2D eigenvalue weighted by atomic mass is 16.5. The van der Waals surface area contributed by atoms with Gasteiger partial charge in [-0.1, -0.05) is 6.92 Å². The van der Waals surface area contributed by atoms with Gasteiger partial charge in [0.05, 0.1) is 12.8 Å². The number of aromatic nitrogens is 2. The van der Waals surface area contributed by atoms with Crippen LogP contribution in [0.1, 0.15) is 37.9 Å². The van der Waals surface area contributed by atoms with Crippen molar-refractivity contribution in [3.8, 4) is 0 Å². The first-order chi connectivity index (χ1) is 9.28. The van der Waals surface area contributed by atoms with Gasteiger partial charge in [-0.2, -0.15) is 5.10 Å². The number of hydrogen-bond acceptors (Lipinski definition) is 4. The molecule has 5 nitrogen and oxygen atoms in total. The summed E-state index contributed by atoms with van der Waals surface area (Å²) in [6.45, 7) is 5.75. The molecule has 0 aromatic carbocycles. The molecular formula is C14H23N3O2. The third-order valence-electron chi connectivity index (χ3n) is 4.22. The summed E-state index contributed by atoms with van der Waals surface area (Å²) < 4.78 is 7.74. The smallest absolute Gasteiger partial charge is 0.109 e. The van der Waals surface area contributed by atoms with Crippen LogP contribution in [0.4, 0.5) is 0 Å². The second-order valence-electron chi connectivity index (χ2n) is 5.64. The lowest BCUT2D eigenvalue weighted by atomic mass is 10.1. The number of aryl methyl sites for hydroxylation is 1. The van der Waals surface area contributed by atoms with Crippen LogP contribution < -0.4 is 0 Å². The van der Waals surface area contributed by atoms with Gasteiger partial charge >= 0.3 is 0 Å². The highest BCUT2D eigenvalue weighted by molar-refractivity contribution is 5.10. The van der Waals surface area contributed by atoms with Crippen molar-refractivity contribution in [2.45, 2.75) is 51.0 Å². The number of aliphatic hydroxyl groups is 1. The first-order valence-corrected chi connectivity index (χ1v) is 7.34. The minimum atomic E-state index is -0.563. The van der Waals surface area contributed by atoms with Gasteiger partial charge < -0.3 is 9.84 Å². The van der Waals surface area contributed by atoms with Crippen molar-refractivity contribution < 1.29 is 9.84 Å². The predicted molar refractivity (Wildman–Crippen MR) is 71.8 cm³/mol. The average molecular weight is 265 g/mol. The van der Waals surface area contributed by atoms with Gasteiger partial charge in [0.15, 0.2) is 0 Å². The molecule has 0 spiro atoms. The quantitative estimate of drug-likeness (QED) is 0.888. The van der Waals surface area contributed by atoms with Gasteiger partial charge in [0.1, 0.15) is 12.2 Å². The predicted octanol–water partition coefficient (Wildman–Crippen LogP) is 1.19. The number of rotatable bonds is 4. The Labute approximate surface area is 114 Å². The fourth-order valence-corrected chi connectivity index (χ4v) is 3.13. The largest absolute Gasteiger partial charge is 0.386 e. The van der Waals surface area contributed by atoms with E-state index >= 15 is 0 Å². The summed E-state index contributed by atoms with van der Waals surface area (Å²) in [6, 6.07) is 0.575. The van der Waals surface area contributed by atoms with Crippen LogP contribution in [-0.2, 0) is 11.3 Å². The first kappa shape index (κ1) is 13.1. The zero-order valence-electron chi connectivity index (χ0n) is 11.5. The summed E-state index contributed by atoms with van der Waals surface area (Å²) in [6.07, 6.45) is 6.56. The van der Waals surface area contributed by atoms with Crippen molar-refractivity contribution >= 4 is 0 Å². The number of morpholine rings is 1. The molecule has 0 aliphatic carbocycles. The van der Waals surface area contributed by atoms with E-state index in [2.05, 4.69) is 16.9 Å². The Balaban J connectivity index is 1.64. The molecule has 19 heavy (non-hydrogen) atoms. The fourth-order valence-electron chi connectivity index (χ4n) is 3.13. The van der Waals surface area contributed by atoms with Crippen molar-refractivity contribution in [1.29, 1.82) is 0 Å². The van der Waals surface area contributed by atoms with Gasteiger partial charge in [-0.05, 0) is 25.8 Å². The Hall–Kier alpha value is -0.910. The average Bonchev–Trinajstić information content (AvgIpc) is 3.05. The third-order valence-corrected chi connectivity index (χ3v) is 4.22. The molecule has 0 bridgehead atoms. The lowest BCUT2D eigenvalue weighted by Gasteiger charge is -2.37. The van der Waals surface area contributed by atoms with E-state index < -0.39 is 6.10 Å². The Morgan fingerprint density at radius 3 is 3.32 bits per heavy atom. The molecule has 0 amide bonds. The Morgan fingerprint density at radius 1 is 1.58 bits per heavy atom. The van der Waals surface area contributed by atoms with E-state index in [-0.39, 0.29) is 6.10 Å². The zero-order chi connectivity index (χ0) is 13.2. The number of nitrogens with zero attached hydrogens (tertiary/aromatic N) is 3. The molecule has 1 N–H and O–H groups in total. The summed E-state index contributed by atoms with van der Waals surface area (Å²) >= 11 is 0. The van der Waals surface area contributed by atoms with Crippen molar-refractivity contribution in [2.24, 2.45) is 0 Å². The van der Waals surface area contributed by atoms with Crippen LogP contribution in [0.15, 0.2) is 12.4 Å². The SMILES string of the molecule is CCCn1cc(C(O)C2CN3CCCC3CO2)cn1. The molecule has 3 rings (SSSR count). The van der Waals surface area contributed by atoms with E-state index in [4.69, 9.17) is 4.74 Å². The number of hydrogen-bond donors (Lipinski definition) is 1. The van der Waals surface area contributed by atoms with Crippen LogP contribution in [0.25, 0.3) is 0 Å². The number of aliphatic hydroxyl groups excluding tert-OH is 1. The van der Waals surface area contributed by atoms with Crippen LogP contribution in [0, 0.1) is 0 Å². The topological polar surface area (TPSA) is 50.5 Å². The molecule has 0 saturated carbocycles. The maximum Gasteiger partial charge on any atom is 0.109 e. The van der Waals surface area contributed by atoms with Gasteiger partial charge in [0.25, 0.3) is 0 Å². The van der Waals surface area contributed by atoms with E-state index in [1.165, 1.54) is 12.8 Å². The van der Waals surface area contributed by atoms with Crippen molar-refractivity contribution in [3.63, 3.8) is 0 Å². The molecule has 2 saturated heterocycles. The van der Waals surface area contributed by atoms with Crippen molar-refractivity contribution in [3.05, 3.63) is 18.0 Å². The highest BCUT2D eigenvalue weighted by Crippen LogP contribution is 2.28. The molecule has 3 unspecified atom stereocenters. The van der Waals surface area contributed by atoms with Gasteiger partial charge in [0.2, 0.25) is 0 Å². The number of ether oxygens (including phenoxy) is 1. The molecule has 1 aromatic heterocycles. The summed E-state index contributed by atoms with van der Waals surface area (Å²) in [5, 5.41) is 14.7. The minimum absolute atomic E-state index is 0.117. The molecule has 3 heterocycles.